The fraction of sp³-hybridized carbons (Fsp3) is 0.0909. The molecule has 1 fully saturated rings. The number of hydrogen-bond acceptors (Lipinski definition) is 7. The van der Waals surface area contributed by atoms with Crippen molar-refractivity contribution in [1.82, 2.24) is 9.88 Å². The van der Waals surface area contributed by atoms with E-state index in [4.69, 9.17) is 15.1 Å². The van der Waals surface area contributed by atoms with Crippen LogP contribution in [0.2, 0.25) is 0 Å². The molecule has 0 saturated carbocycles. The molecule has 1 N–H and O–H groups in total. The van der Waals surface area contributed by atoms with Crippen molar-refractivity contribution in [1.29, 1.82) is 5.41 Å². The van der Waals surface area contributed by atoms with E-state index in [2.05, 4.69) is 0 Å². The van der Waals surface area contributed by atoms with Gasteiger partial charge in [-0.25, -0.2) is 9.88 Å². The number of ether oxygens (including phenoxy) is 1. The summed E-state index contributed by atoms with van der Waals surface area (Å²) in [7, 11) is 1.60. The summed E-state index contributed by atoms with van der Waals surface area (Å²) >= 11 is 2.46. The molecule has 0 aliphatic carbocycles. The van der Waals surface area contributed by atoms with E-state index in [1.807, 2.05) is 54.6 Å². The van der Waals surface area contributed by atoms with Crippen LogP contribution in [0.25, 0.3) is 17.0 Å². The van der Waals surface area contributed by atoms with E-state index in [9.17, 15) is 9.59 Å². The van der Waals surface area contributed by atoms with E-state index in [1.165, 1.54) is 18.7 Å². The Bertz CT molecular complexity index is 1210. The summed E-state index contributed by atoms with van der Waals surface area (Å²) in [5.74, 6) is -0.248. The smallest absolute Gasteiger partial charge is 0.273 e. The van der Waals surface area contributed by atoms with Gasteiger partial charge in [-0.15, -0.1) is 0 Å². The topological polar surface area (TPSA) is 83.3 Å². The van der Waals surface area contributed by atoms with Crippen LogP contribution in [0.15, 0.2) is 69.4 Å². The highest BCUT2D eigenvalue weighted by Gasteiger charge is 2.35. The predicted molar refractivity (Wildman–Crippen MR) is 120 cm³/mol. The summed E-state index contributed by atoms with van der Waals surface area (Å²) in [5.41, 5.74) is 1.54. The Labute approximate surface area is 181 Å². The highest BCUT2D eigenvalue weighted by atomic mass is 32.2. The van der Waals surface area contributed by atoms with Gasteiger partial charge in [-0.1, -0.05) is 30.0 Å². The first-order chi connectivity index (χ1) is 14.5. The van der Waals surface area contributed by atoms with Crippen LogP contribution in [-0.2, 0) is 9.59 Å². The van der Waals surface area contributed by atoms with Gasteiger partial charge in [0.25, 0.3) is 5.91 Å². The van der Waals surface area contributed by atoms with Crippen LogP contribution in [0.1, 0.15) is 12.5 Å². The maximum Gasteiger partial charge on any atom is 0.273 e. The molecule has 6 nitrogen and oxygen atoms in total. The molecule has 1 aliphatic rings. The molecule has 2 heterocycles. The summed E-state index contributed by atoms with van der Waals surface area (Å²) in [6.45, 7) is 1.27. The number of carbonyl (C=O) groups is 2. The zero-order valence-corrected chi connectivity index (χ0v) is 17.8. The van der Waals surface area contributed by atoms with Gasteiger partial charge in [0.15, 0.2) is 5.17 Å². The van der Waals surface area contributed by atoms with E-state index in [-0.39, 0.29) is 5.17 Å². The lowest BCUT2D eigenvalue weighted by Gasteiger charge is -2.10. The second-order valence-corrected chi connectivity index (χ2v) is 8.52. The van der Waals surface area contributed by atoms with Crippen molar-refractivity contribution in [2.24, 2.45) is 0 Å². The number of carbonyl (C=O) groups excluding carboxylic acids is 2. The number of amidine groups is 1. The van der Waals surface area contributed by atoms with Crippen molar-refractivity contribution in [3.05, 3.63) is 65.1 Å². The van der Waals surface area contributed by atoms with Crippen molar-refractivity contribution in [2.45, 2.75) is 16.8 Å². The van der Waals surface area contributed by atoms with Crippen LogP contribution in [0.4, 0.5) is 0 Å². The SMILES string of the molecule is COc1ccc2nc(Sc3ccccc3)c(/C=C3/SC(=N)N(C(C)=O)C3=O)cc2c1. The Kier molecular flexibility index (Phi) is 5.61. The highest BCUT2D eigenvalue weighted by Crippen LogP contribution is 2.37. The fourth-order valence-electron chi connectivity index (χ4n) is 2.98. The Balaban J connectivity index is 1.83. The van der Waals surface area contributed by atoms with Gasteiger partial charge in [0.1, 0.15) is 10.8 Å². The molecular formula is C22H17N3O3S2. The molecule has 2 amide bonds. The lowest BCUT2D eigenvalue weighted by molar-refractivity contribution is -0.135. The third-order valence-electron chi connectivity index (χ3n) is 4.40. The third-order valence-corrected chi connectivity index (χ3v) is 6.31. The summed E-state index contributed by atoms with van der Waals surface area (Å²) in [5, 5.41) is 9.46. The lowest BCUT2D eigenvalue weighted by Crippen LogP contribution is -2.32. The van der Waals surface area contributed by atoms with Crippen molar-refractivity contribution in [3.63, 3.8) is 0 Å². The van der Waals surface area contributed by atoms with E-state index in [0.717, 1.165) is 43.0 Å². The van der Waals surface area contributed by atoms with Gasteiger partial charge in [-0.05, 0) is 54.2 Å². The molecule has 30 heavy (non-hydrogen) atoms. The molecule has 0 unspecified atom stereocenters. The minimum atomic E-state index is -0.487. The predicted octanol–water partition coefficient (Wildman–Crippen LogP) is 4.79. The molecule has 0 atom stereocenters. The molecule has 2 aromatic carbocycles. The maximum atomic E-state index is 12.6. The number of nitrogens with one attached hydrogen (secondary N) is 1. The molecule has 150 valence electrons. The second kappa shape index (κ2) is 8.33. The summed E-state index contributed by atoms with van der Waals surface area (Å²) in [4.78, 5) is 31.3. The first kappa shape index (κ1) is 20.2. The van der Waals surface area contributed by atoms with Crippen LogP contribution in [0.5, 0.6) is 5.75 Å². The highest BCUT2D eigenvalue weighted by molar-refractivity contribution is 8.18. The summed E-state index contributed by atoms with van der Waals surface area (Å²) in [6, 6.07) is 17.4. The Morgan fingerprint density at radius 2 is 1.97 bits per heavy atom. The number of methoxy groups -OCH3 is 1. The van der Waals surface area contributed by atoms with E-state index in [1.54, 1.807) is 13.2 Å². The Hall–Kier alpha value is -3.10. The number of thioether (sulfide) groups is 1. The number of hydrogen-bond donors (Lipinski definition) is 1. The first-order valence-electron chi connectivity index (χ1n) is 9.01. The van der Waals surface area contributed by atoms with Gasteiger partial charge in [0.05, 0.1) is 17.5 Å². The molecular weight excluding hydrogens is 418 g/mol. The van der Waals surface area contributed by atoms with Crippen molar-refractivity contribution in [3.8, 4) is 5.75 Å². The largest absolute Gasteiger partial charge is 0.497 e. The van der Waals surface area contributed by atoms with Gasteiger partial charge in [0, 0.05) is 22.8 Å². The van der Waals surface area contributed by atoms with Gasteiger partial charge in [-0.2, -0.15) is 0 Å². The van der Waals surface area contributed by atoms with Crippen LogP contribution >= 0.6 is 23.5 Å². The maximum absolute atomic E-state index is 12.6. The number of fused-ring (bicyclic) bond motifs is 1. The van der Waals surface area contributed by atoms with Crippen LogP contribution in [0.3, 0.4) is 0 Å². The van der Waals surface area contributed by atoms with E-state index >= 15 is 0 Å². The summed E-state index contributed by atoms with van der Waals surface area (Å²) < 4.78 is 5.31. The van der Waals surface area contributed by atoms with E-state index in [0.29, 0.717) is 10.7 Å². The Morgan fingerprint density at radius 3 is 2.63 bits per heavy atom. The zero-order chi connectivity index (χ0) is 21.3. The molecule has 1 aromatic heterocycles. The number of imide groups is 1. The standard InChI is InChI=1S/C22H17N3O3S2/c1-13(26)25-21(27)19(30-22(25)23)12-15-10-14-11-16(28-2)8-9-18(14)24-20(15)29-17-6-4-3-5-7-17/h3-12,23H,1-2H3/b19-12+,23-22?. The van der Waals surface area contributed by atoms with Crippen molar-refractivity contribution >= 4 is 57.5 Å². The van der Waals surface area contributed by atoms with Crippen LogP contribution in [-0.4, -0.2) is 34.0 Å². The molecule has 0 bridgehead atoms. The van der Waals surface area contributed by atoms with Gasteiger partial charge >= 0.3 is 0 Å². The van der Waals surface area contributed by atoms with Gasteiger partial charge < -0.3 is 4.74 Å². The lowest BCUT2D eigenvalue weighted by atomic mass is 10.1. The van der Waals surface area contributed by atoms with Crippen LogP contribution in [0, 0.1) is 5.41 Å². The minimum absolute atomic E-state index is 0.0913. The normalized spacial score (nSPS) is 15.3. The number of rotatable bonds is 4. The number of nitrogens with zero attached hydrogens (tertiary/aromatic N) is 2. The molecule has 8 heteroatoms. The monoisotopic (exact) mass is 435 g/mol. The molecule has 0 spiro atoms. The molecule has 0 radical (unpaired) electrons. The molecule has 3 aromatic rings. The average molecular weight is 436 g/mol. The van der Waals surface area contributed by atoms with E-state index < -0.39 is 11.8 Å². The molecule has 1 saturated heterocycles. The number of aromatic nitrogens is 1. The minimum Gasteiger partial charge on any atom is -0.497 e. The first-order valence-corrected chi connectivity index (χ1v) is 10.6. The number of benzene rings is 2. The van der Waals surface area contributed by atoms with Crippen molar-refractivity contribution in [2.75, 3.05) is 7.11 Å². The number of pyridine rings is 1. The van der Waals surface area contributed by atoms with Crippen molar-refractivity contribution < 1.29 is 14.3 Å². The molecule has 4 rings (SSSR count). The quantitative estimate of drug-likeness (QED) is 0.593. The average Bonchev–Trinajstić information content (AvgIpc) is 3.01. The second-order valence-electron chi connectivity index (χ2n) is 6.43. The zero-order valence-electron chi connectivity index (χ0n) is 16.2. The van der Waals surface area contributed by atoms with Gasteiger partial charge in [-0.3, -0.25) is 15.0 Å². The Morgan fingerprint density at radius 1 is 1.20 bits per heavy atom. The molecule has 1 aliphatic heterocycles. The van der Waals surface area contributed by atoms with Crippen LogP contribution < -0.4 is 4.74 Å². The van der Waals surface area contributed by atoms with Gasteiger partial charge in [0.2, 0.25) is 5.91 Å². The number of amides is 2. The summed E-state index contributed by atoms with van der Waals surface area (Å²) in [6.07, 6.45) is 1.70. The fourth-order valence-corrected chi connectivity index (χ4v) is 4.75. The third kappa shape index (κ3) is 3.96.